The average Bonchev–Trinajstić information content (AvgIpc) is 2.92. The van der Waals surface area contributed by atoms with Crippen LogP contribution in [0, 0.1) is 11.3 Å². The second kappa shape index (κ2) is 7.18. The van der Waals surface area contributed by atoms with Crippen molar-refractivity contribution in [2.24, 2.45) is 7.05 Å². The maximum atomic E-state index is 9.49. The molecular weight excluding hydrogens is 290 g/mol. The Morgan fingerprint density at radius 2 is 1.87 bits per heavy atom. The minimum Gasteiger partial charge on any atom is -0.360 e. The molecule has 0 atom stereocenters. The van der Waals surface area contributed by atoms with Crippen LogP contribution in [-0.4, -0.2) is 25.0 Å². The molecule has 7 nitrogen and oxygen atoms in total. The molecule has 0 aliphatic heterocycles. The Morgan fingerprint density at radius 3 is 2.39 bits per heavy atom. The second-order valence-corrected chi connectivity index (χ2v) is 5.71. The molecule has 0 amide bonds. The van der Waals surface area contributed by atoms with Gasteiger partial charge in [0.2, 0.25) is 0 Å². The molecule has 0 aliphatic rings. The van der Waals surface area contributed by atoms with E-state index in [0.717, 1.165) is 35.7 Å². The van der Waals surface area contributed by atoms with Crippen LogP contribution in [0.5, 0.6) is 0 Å². The molecule has 7 heteroatoms. The highest BCUT2D eigenvalue weighted by Crippen LogP contribution is 2.20. The van der Waals surface area contributed by atoms with Gasteiger partial charge in [0.05, 0.1) is 12.2 Å². The first-order valence-corrected chi connectivity index (χ1v) is 7.93. The Morgan fingerprint density at radius 1 is 1.13 bits per heavy atom. The molecule has 0 fully saturated rings. The fraction of sp³-hybridized carbons (Fsp3) is 0.562. The molecule has 0 saturated heterocycles. The summed E-state index contributed by atoms with van der Waals surface area (Å²) in [6.45, 7) is 8.66. The van der Waals surface area contributed by atoms with Crippen molar-refractivity contribution in [3.05, 3.63) is 28.5 Å². The summed E-state index contributed by atoms with van der Waals surface area (Å²) in [7, 11) is 1.95. The molecule has 0 saturated carbocycles. The van der Waals surface area contributed by atoms with Gasteiger partial charge < -0.3 is 9.88 Å². The van der Waals surface area contributed by atoms with Crippen molar-refractivity contribution in [1.82, 2.24) is 25.0 Å². The Hall–Kier alpha value is -2.49. The fourth-order valence-corrected chi connectivity index (χ4v) is 2.61. The molecular formula is C16H23N7. The molecule has 23 heavy (non-hydrogen) atoms. The van der Waals surface area contributed by atoms with E-state index in [1.807, 2.05) is 25.5 Å². The predicted octanol–water partition coefficient (Wildman–Crippen LogP) is 2.34. The molecule has 1 N–H and O–H groups in total. The molecule has 122 valence electrons. The zero-order valence-corrected chi connectivity index (χ0v) is 14.4. The first kappa shape index (κ1) is 16.9. The normalized spacial score (nSPS) is 10.8. The summed E-state index contributed by atoms with van der Waals surface area (Å²) in [6, 6.07) is 2.26. The van der Waals surface area contributed by atoms with Crippen LogP contribution < -0.4 is 5.32 Å². The molecule has 0 unspecified atom stereocenters. The molecule has 2 aromatic heterocycles. The number of hydrogen-bond acceptors (Lipinski definition) is 6. The number of nitrogens with zero attached hydrogens (tertiary/aromatic N) is 6. The third-order valence-corrected chi connectivity index (χ3v) is 3.89. The topological polar surface area (TPSA) is 92.3 Å². The van der Waals surface area contributed by atoms with E-state index in [0.29, 0.717) is 23.8 Å². The standard InChI is InChI=1S/C16H23N7/c1-6-11-12(8-17)15(21-19-13(11)7-2)18-9-14-20-22-16(10(3)4)23(14)5/h10H,6-7,9H2,1-5H3,(H,18,21). The van der Waals surface area contributed by atoms with Crippen molar-refractivity contribution in [2.75, 3.05) is 5.32 Å². The minimum atomic E-state index is 0.311. The van der Waals surface area contributed by atoms with Crippen molar-refractivity contribution < 1.29 is 0 Å². The first-order valence-electron chi connectivity index (χ1n) is 7.93. The number of anilines is 1. The van der Waals surface area contributed by atoms with E-state index >= 15 is 0 Å². The largest absolute Gasteiger partial charge is 0.360 e. The SMILES string of the molecule is CCc1nnc(NCc2nnc(C(C)C)n2C)c(C#N)c1CC. The Labute approximate surface area is 136 Å². The Bertz CT molecular complexity index is 725. The molecule has 2 aromatic rings. The smallest absolute Gasteiger partial charge is 0.167 e. The molecule has 0 radical (unpaired) electrons. The van der Waals surface area contributed by atoms with Gasteiger partial charge in [0, 0.05) is 13.0 Å². The molecule has 0 aliphatic carbocycles. The number of hydrogen-bond donors (Lipinski definition) is 1. The first-order chi connectivity index (χ1) is 11.0. The lowest BCUT2D eigenvalue weighted by Crippen LogP contribution is -2.13. The molecule has 2 rings (SSSR count). The van der Waals surface area contributed by atoms with E-state index in [-0.39, 0.29) is 0 Å². The van der Waals surface area contributed by atoms with Crippen molar-refractivity contribution in [2.45, 2.75) is 53.0 Å². The highest BCUT2D eigenvalue weighted by Gasteiger charge is 2.16. The second-order valence-electron chi connectivity index (χ2n) is 5.71. The summed E-state index contributed by atoms with van der Waals surface area (Å²) >= 11 is 0. The van der Waals surface area contributed by atoms with Crippen molar-refractivity contribution >= 4 is 5.82 Å². The quantitative estimate of drug-likeness (QED) is 0.880. The van der Waals surface area contributed by atoms with E-state index in [4.69, 9.17) is 0 Å². The zero-order valence-electron chi connectivity index (χ0n) is 14.4. The van der Waals surface area contributed by atoms with Gasteiger partial charge >= 0.3 is 0 Å². The average molecular weight is 313 g/mol. The van der Waals surface area contributed by atoms with Crippen molar-refractivity contribution in [3.63, 3.8) is 0 Å². The van der Waals surface area contributed by atoms with Crippen molar-refractivity contribution in [1.29, 1.82) is 5.26 Å². The van der Waals surface area contributed by atoms with Crippen LogP contribution in [0.2, 0.25) is 0 Å². The van der Waals surface area contributed by atoms with E-state index in [2.05, 4.69) is 45.6 Å². The summed E-state index contributed by atoms with van der Waals surface area (Å²) in [5.74, 6) is 2.56. The summed E-state index contributed by atoms with van der Waals surface area (Å²) in [5.41, 5.74) is 2.43. The minimum absolute atomic E-state index is 0.311. The van der Waals surface area contributed by atoms with Gasteiger partial charge in [-0.3, -0.25) is 0 Å². The summed E-state index contributed by atoms with van der Waals surface area (Å²) in [5, 5.41) is 29.5. The third kappa shape index (κ3) is 3.31. The summed E-state index contributed by atoms with van der Waals surface area (Å²) in [6.07, 6.45) is 1.53. The molecule has 0 spiro atoms. The Kier molecular flexibility index (Phi) is 5.27. The van der Waals surface area contributed by atoms with Gasteiger partial charge in [-0.25, -0.2) is 0 Å². The highest BCUT2D eigenvalue weighted by molar-refractivity contribution is 5.56. The lowest BCUT2D eigenvalue weighted by atomic mass is 10.0. The number of aromatic nitrogens is 5. The third-order valence-electron chi connectivity index (χ3n) is 3.89. The van der Waals surface area contributed by atoms with E-state index in [9.17, 15) is 5.26 Å². The van der Waals surface area contributed by atoms with E-state index in [1.165, 1.54) is 0 Å². The van der Waals surface area contributed by atoms with Crippen LogP contribution in [-0.2, 0) is 26.4 Å². The van der Waals surface area contributed by atoms with Gasteiger partial charge in [-0.15, -0.1) is 15.3 Å². The van der Waals surface area contributed by atoms with Gasteiger partial charge in [0.15, 0.2) is 11.6 Å². The van der Waals surface area contributed by atoms with Crippen LogP contribution >= 0.6 is 0 Å². The van der Waals surface area contributed by atoms with Crippen LogP contribution in [0.25, 0.3) is 0 Å². The number of rotatable bonds is 6. The number of nitriles is 1. The number of nitrogens with one attached hydrogen (secondary N) is 1. The molecule has 0 aromatic carbocycles. The van der Waals surface area contributed by atoms with Crippen LogP contribution in [0.4, 0.5) is 5.82 Å². The van der Waals surface area contributed by atoms with Gasteiger partial charge in [-0.2, -0.15) is 10.4 Å². The zero-order chi connectivity index (χ0) is 17.0. The van der Waals surface area contributed by atoms with Gasteiger partial charge in [-0.1, -0.05) is 27.7 Å². The molecule has 0 bridgehead atoms. The van der Waals surface area contributed by atoms with E-state index < -0.39 is 0 Å². The van der Waals surface area contributed by atoms with Gasteiger partial charge in [0.1, 0.15) is 17.5 Å². The lowest BCUT2D eigenvalue weighted by molar-refractivity contribution is 0.692. The van der Waals surface area contributed by atoms with Gasteiger partial charge in [-0.05, 0) is 18.4 Å². The van der Waals surface area contributed by atoms with Crippen molar-refractivity contribution in [3.8, 4) is 6.07 Å². The fourth-order valence-electron chi connectivity index (χ4n) is 2.61. The predicted molar refractivity (Wildman–Crippen MR) is 87.9 cm³/mol. The monoisotopic (exact) mass is 313 g/mol. The molecule has 2 heterocycles. The maximum Gasteiger partial charge on any atom is 0.167 e. The van der Waals surface area contributed by atoms with Gasteiger partial charge in [0.25, 0.3) is 0 Å². The maximum absolute atomic E-state index is 9.49. The van der Waals surface area contributed by atoms with E-state index in [1.54, 1.807) is 0 Å². The summed E-state index contributed by atoms with van der Waals surface area (Å²) in [4.78, 5) is 0. The number of aryl methyl sites for hydroxylation is 1. The Balaban J connectivity index is 2.26. The lowest BCUT2D eigenvalue weighted by Gasteiger charge is -2.12. The van der Waals surface area contributed by atoms with Crippen LogP contribution in [0.1, 0.15) is 62.1 Å². The summed E-state index contributed by atoms with van der Waals surface area (Å²) < 4.78 is 1.97. The van der Waals surface area contributed by atoms with Crippen LogP contribution in [0.15, 0.2) is 0 Å². The van der Waals surface area contributed by atoms with Crippen LogP contribution in [0.3, 0.4) is 0 Å². The highest BCUT2D eigenvalue weighted by atomic mass is 15.3.